The molecule has 0 aliphatic heterocycles. The van der Waals surface area contributed by atoms with E-state index in [1.807, 2.05) is 0 Å². The molecular weight excluding hydrogens is 286 g/mol. The van der Waals surface area contributed by atoms with E-state index in [0.29, 0.717) is 0 Å². The summed E-state index contributed by atoms with van der Waals surface area (Å²) < 4.78 is 10.1. The Bertz CT molecular complexity index is 341. The molecule has 4 atom stereocenters. The van der Waals surface area contributed by atoms with Gasteiger partial charge in [0.2, 0.25) is 0 Å². The number of amides is 1. The third-order valence-electron chi connectivity index (χ3n) is 2.81. The second-order valence-corrected chi connectivity index (χ2v) is 5.04. The van der Waals surface area contributed by atoms with Crippen LogP contribution in [0.5, 0.6) is 0 Å². The quantitative estimate of drug-likeness (QED) is 0.508. The van der Waals surface area contributed by atoms with E-state index >= 15 is 0 Å². The van der Waals surface area contributed by atoms with Crippen molar-refractivity contribution < 1.29 is 29.3 Å². The average molecular weight is 305 g/mol. The van der Waals surface area contributed by atoms with Gasteiger partial charge in [-0.05, 0) is 30.2 Å². The molecule has 8 heteroatoms. The number of carbonyl (C=O) groups is 2. The summed E-state index contributed by atoms with van der Waals surface area (Å²) in [5.74, 6) is 0. The number of hydrogen-bond acceptors (Lipinski definition) is 7. The van der Waals surface area contributed by atoms with E-state index in [9.17, 15) is 19.8 Å². The van der Waals surface area contributed by atoms with Gasteiger partial charge in [0, 0.05) is 19.9 Å². The number of aliphatic hydroxyl groups is 2. The number of thioether (sulfide) groups is 1. The lowest BCUT2D eigenvalue weighted by atomic mass is 9.97. The molecule has 1 aliphatic carbocycles. The molecule has 0 fully saturated rings. The van der Waals surface area contributed by atoms with E-state index in [0.717, 1.165) is 11.8 Å². The molecule has 20 heavy (non-hydrogen) atoms. The molecule has 0 spiro atoms. The molecule has 1 aliphatic rings. The maximum Gasteiger partial charge on any atom is 0.407 e. The molecule has 0 saturated heterocycles. The Morgan fingerprint density at radius 2 is 1.65 bits per heavy atom. The van der Waals surface area contributed by atoms with Crippen LogP contribution in [0.1, 0.15) is 12.8 Å². The molecule has 114 valence electrons. The Hall–Kier alpha value is -1.25. The van der Waals surface area contributed by atoms with Gasteiger partial charge in [-0.2, -0.15) is 0 Å². The van der Waals surface area contributed by atoms with Crippen LogP contribution in [-0.4, -0.2) is 59.3 Å². The summed E-state index contributed by atoms with van der Waals surface area (Å²) in [4.78, 5) is 22.4. The van der Waals surface area contributed by atoms with E-state index in [1.165, 1.54) is 7.05 Å². The van der Waals surface area contributed by atoms with E-state index in [-0.39, 0.29) is 12.8 Å². The second-order valence-electron chi connectivity index (χ2n) is 4.30. The van der Waals surface area contributed by atoms with E-state index in [4.69, 9.17) is 9.47 Å². The second kappa shape index (κ2) is 8.13. The van der Waals surface area contributed by atoms with Crippen LogP contribution < -0.4 is 5.32 Å². The number of rotatable bonds is 2. The Kier molecular flexibility index (Phi) is 6.83. The summed E-state index contributed by atoms with van der Waals surface area (Å²) in [5.41, 5.74) is 0. The van der Waals surface area contributed by atoms with Crippen LogP contribution in [0.15, 0.2) is 12.2 Å². The van der Waals surface area contributed by atoms with Crippen molar-refractivity contribution in [3.63, 3.8) is 0 Å². The fraction of sp³-hybridized carbons (Fsp3) is 0.667. The van der Waals surface area contributed by atoms with Crippen LogP contribution in [0.4, 0.5) is 9.59 Å². The minimum Gasteiger partial charge on any atom is -0.450 e. The number of alkyl carbamates (subject to hydrolysis) is 1. The Balaban J connectivity index is 2.75. The van der Waals surface area contributed by atoms with Gasteiger partial charge in [-0.25, -0.2) is 9.59 Å². The molecule has 0 aromatic heterocycles. The predicted molar refractivity (Wildman–Crippen MR) is 73.5 cm³/mol. The topological polar surface area (TPSA) is 105 Å². The first-order chi connectivity index (χ1) is 9.46. The normalized spacial score (nSPS) is 31.6. The Morgan fingerprint density at radius 3 is 2.10 bits per heavy atom. The lowest BCUT2D eigenvalue weighted by Crippen LogP contribution is -2.37. The van der Waals surface area contributed by atoms with Crippen molar-refractivity contribution in [2.45, 2.75) is 37.3 Å². The van der Waals surface area contributed by atoms with Gasteiger partial charge in [-0.3, -0.25) is 0 Å². The van der Waals surface area contributed by atoms with Gasteiger partial charge in [-0.1, -0.05) is 0 Å². The van der Waals surface area contributed by atoms with Gasteiger partial charge >= 0.3 is 11.4 Å². The van der Waals surface area contributed by atoms with Gasteiger partial charge < -0.3 is 25.0 Å². The minimum atomic E-state index is -1.06. The highest BCUT2D eigenvalue weighted by Crippen LogP contribution is 2.19. The van der Waals surface area contributed by atoms with Crippen molar-refractivity contribution in [2.24, 2.45) is 0 Å². The van der Waals surface area contributed by atoms with Gasteiger partial charge in [0.25, 0.3) is 0 Å². The Morgan fingerprint density at radius 1 is 1.15 bits per heavy atom. The first-order valence-corrected chi connectivity index (χ1v) is 7.36. The minimum absolute atomic E-state index is 0.0777. The van der Waals surface area contributed by atoms with Gasteiger partial charge in [0.1, 0.15) is 12.2 Å². The van der Waals surface area contributed by atoms with Gasteiger partial charge in [0.05, 0.1) is 12.2 Å². The summed E-state index contributed by atoms with van der Waals surface area (Å²) in [6.07, 6.45) is 0.716. The van der Waals surface area contributed by atoms with Crippen molar-refractivity contribution in [1.82, 2.24) is 5.32 Å². The van der Waals surface area contributed by atoms with Crippen LogP contribution in [-0.2, 0) is 9.47 Å². The molecule has 0 heterocycles. The molecule has 1 rings (SSSR count). The summed E-state index contributed by atoms with van der Waals surface area (Å²) in [6.45, 7) is 0. The summed E-state index contributed by atoms with van der Waals surface area (Å²) >= 11 is 0.913. The molecule has 0 saturated carbocycles. The molecule has 0 radical (unpaired) electrons. The van der Waals surface area contributed by atoms with E-state index in [1.54, 1.807) is 18.4 Å². The number of ether oxygens (including phenoxy) is 2. The highest BCUT2D eigenvalue weighted by molar-refractivity contribution is 8.12. The lowest BCUT2D eigenvalue weighted by molar-refractivity contribution is -0.0288. The fourth-order valence-electron chi connectivity index (χ4n) is 1.74. The summed E-state index contributed by atoms with van der Waals surface area (Å²) in [7, 11) is 1.42. The van der Waals surface area contributed by atoms with Crippen molar-refractivity contribution in [2.75, 3.05) is 13.3 Å². The maximum absolute atomic E-state index is 11.2. The number of hydrogen-bond donors (Lipinski definition) is 3. The van der Waals surface area contributed by atoms with Crippen molar-refractivity contribution in [3.8, 4) is 0 Å². The largest absolute Gasteiger partial charge is 0.450 e. The fourth-order valence-corrected chi connectivity index (χ4v) is 1.96. The molecule has 7 nitrogen and oxygen atoms in total. The van der Waals surface area contributed by atoms with Gasteiger partial charge in [-0.15, -0.1) is 0 Å². The standard InChI is InChI=1S/C12H19NO6S/c1-13-11(16)18-7-3-4-8(19-12(17)20-2)6-10(15)9(14)5-7/h3-4,7-10,14-15H,5-6H2,1-2H3,(H,13,16)/b4-3+. The monoisotopic (exact) mass is 305 g/mol. The number of nitrogens with one attached hydrogen (secondary N) is 1. The summed E-state index contributed by atoms with van der Waals surface area (Å²) in [6, 6.07) is 0. The maximum atomic E-state index is 11.2. The van der Waals surface area contributed by atoms with Crippen molar-refractivity contribution in [3.05, 3.63) is 12.2 Å². The van der Waals surface area contributed by atoms with Crippen molar-refractivity contribution in [1.29, 1.82) is 0 Å². The molecule has 0 aromatic rings. The van der Waals surface area contributed by atoms with Crippen LogP contribution in [0.3, 0.4) is 0 Å². The molecule has 3 N–H and O–H groups in total. The van der Waals surface area contributed by atoms with Crippen molar-refractivity contribution >= 4 is 23.2 Å². The van der Waals surface area contributed by atoms with E-state index < -0.39 is 35.8 Å². The zero-order valence-electron chi connectivity index (χ0n) is 11.3. The smallest absolute Gasteiger partial charge is 0.407 e. The molecule has 0 bridgehead atoms. The highest BCUT2D eigenvalue weighted by Gasteiger charge is 2.28. The third kappa shape index (κ3) is 5.40. The molecule has 4 unspecified atom stereocenters. The molecule has 0 aromatic carbocycles. The molecule has 1 amide bonds. The average Bonchev–Trinajstić information content (AvgIpc) is 2.42. The first kappa shape index (κ1) is 16.8. The zero-order chi connectivity index (χ0) is 15.1. The number of carbonyl (C=O) groups excluding carboxylic acids is 2. The van der Waals surface area contributed by atoms with Crippen LogP contribution in [0.2, 0.25) is 0 Å². The van der Waals surface area contributed by atoms with Crippen LogP contribution >= 0.6 is 11.8 Å². The van der Waals surface area contributed by atoms with E-state index in [2.05, 4.69) is 5.32 Å². The predicted octanol–water partition coefficient (Wildman–Crippen LogP) is 0.651. The third-order valence-corrected chi connectivity index (χ3v) is 3.24. The molecular formula is C12H19NO6S. The van der Waals surface area contributed by atoms with Gasteiger partial charge in [0.15, 0.2) is 0 Å². The lowest BCUT2D eigenvalue weighted by Gasteiger charge is -2.27. The number of aliphatic hydroxyl groups excluding tert-OH is 2. The zero-order valence-corrected chi connectivity index (χ0v) is 12.1. The Labute approximate surface area is 121 Å². The SMILES string of the molecule is CNC(=O)OC1/C=C/C(OC(=O)SC)CC(O)C(O)C1. The van der Waals surface area contributed by atoms with Crippen LogP contribution in [0, 0.1) is 0 Å². The summed E-state index contributed by atoms with van der Waals surface area (Å²) in [5, 5.41) is 21.4. The van der Waals surface area contributed by atoms with Crippen LogP contribution in [0.25, 0.3) is 0 Å². The first-order valence-electron chi connectivity index (χ1n) is 6.13. The highest BCUT2D eigenvalue weighted by atomic mass is 32.2.